The normalized spacial score (nSPS) is 17.9. The van der Waals surface area contributed by atoms with Crippen LogP contribution in [-0.4, -0.2) is 51.8 Å². The van der Waals surface area contributed by atoms with E-state index in [0.717, 1.165) is 49.4 Å². The Labute approximate surface area is 162 Å². The van der Waals surface area contributed by atoms with Crippen molar-refractivity contribution in [1.29, 1.82) is 0 Å². The molecule has 1 heterocycles. The van der Waals surface area contributed by atoms with E-state index in [2.05, 4.69) is 28.2 Å². The van der Waals surface area contributed by atoms with Crippen LogP contribution < -0.4 is 14.8 Å². The Morgan fingerprint density at radius 1 is 1.29 bits per heavy atom. The zero-order chi connectivity index (χ0) is 16.7. The number of nitrogens with zero attached hydrogens (tertiary/aromatic N) is 2. The van der Waals surface area contributed by atoms with Gasteiger partial charge >= 0.3 is 0 Å². The molecule has 0 aromatic heterocycles. The van der Waals surface area contributed by atoms with Gasteiger partial charge < -0.3 is 19.7 Å². The third-order valence-electron chi connectivity index (χ3n) is 4.31. The molecule has 1 unspecified atom stereocenters. The number of rotatable bonds is 5. The van der Waals surface area contributed by atoms with Crippen LogP contribution in [0.4, 0.5) is 0 Å². The molecule has 24 heavy (non-hydrogen) atoms. The zero-order valence-electron chi connectivity index (χ0n) is 15.2. The van der Waals surface area contributed by atoms with E-state index < -0.39 is 0 Å². The van der Waals surface area contributed by atoms with Gasteiger partial charge in [0.05, 0.1) is 14.2 Å². The van der Waals surface area contributed by atoms with Crippen molar-refractivity contribution in [2.75, 3.05) is 40.9 Å². The Morgan fingerprint density at radius 3 is 2.67 bits per heavy atom. The minimum Gasteiger partial charge on any atom is -0.493 e. The van der Waals surface area contributed by atoms with Crippen molar-refractivity contribution in [2.45, 2.75) is 26.2 Å². The van der Waals surface area contributed by atoms with Crippen molar-refractivity contribution in [1.82, 2.24) is 10.2 Å². The van der Waals surface area contributed by atoms with Gasteiger partial charge in [0.2, 0.25) is 0 Å². The average Bonchev–Trinajstić information content (AvgIpc) is 2.58. The highest BCUT2D eigenvalue weighted by Crippen LogP contribution is 2.27. The number of methoxy groups -OCH3 is 2. The fraction of sp³-hybridized carbons (Fsp3) is 0.611. The van der Waals surface area contributed by atoms with Gasteiger partial charge in [0.25, 0.3) is 0 Å². The maximum absolute atomic E-state index is 5.36. The molecule has 6 heteroatoms. The Hall–Kier alpha value is -1.18. The van der Waals surface area contributed by atoms with Crippen LogP contribution in [0.15, 0.2) is 23.2 Å². The Bertz CT molecular complexity index is 537. The first kappa shape index (κ1) is 20.9. The fourth-order valence-corrected chi connectivity index (χ4v) is 3.07. The van der Waals surface area contributed by atoms with Gasteiger partial charge in [0, 0.05) is 26.7 Å². The van der Waals surface area contributed by atoms with Gasteiger partial charge in [-0.1, -0.05) is 13.0 Å². The van der Waals surface area contributed by atoms with Gasteiger partial charge in [-0.3, -0.25) is 4.99 Å². The van der Waals surface area contributed by atoms with Crippen LogP contribution in [-0.2, 0) is 6.42 Å². The summed E-state index contributed by atoms with van der Waals surface area (Å²) in [6, 6.07) is 6.07. The average molecular weight is 447 g/mol. The number of likely N-dealkylation sites (tertiary alicyclic amines) is 1. The highest BCUT2D eigenvalue weighted by molar-refractivity contribution is 14.0. The summed E-state index contributed by atoms with van der Waals surface area (Å²) in [7, 11) is 5.18. The number of hydrogen-bond acceptors (Lipinski definition) is 3. The van der Waals surface area contributed by atoms with Gasteiger partial charge in [-0.05, 0) is 42.9 Å². The van der Waals surface area contributed by atoms with Gasteiger partial charge in [-0.2, -0.15) is 0 Å². The molecule has 1 N–H and O–H groups in total. The molecule has 1 atom stereocenters. The quantitative estimate of drug-likeness (QED) is 0.428. The summed E-state index contributed by atoms with van der Waals surface area (Å²) in [6.07, 6.45) is 3.49. The first-order valence-electron chi connectivity index (χ1n) is 8.34. The molecule has 1 aromatic rings. The van der Waals surface area contributed by atoms with Crippen molar-refractivity contribution in [3.63, 3.8) is 0 Å². The zero-order valence-corrected chi connectivity index (χ0v) is 17.5. The number of hydrogen-bond donors (Lipinski definition) is 1. The molecule has 0 saturated carbocycles. The van der Waals surface area contributed by atoms with Gasteiger partial charge in [-0.15, -0.1) is 24.0 Å². The molecule has 5 nitrogen and oxygen atoms in total. The lowest BCUT2D eigenvalue weighted by atomic mass is 10.0. The molecule has 0 amide bonds. The monoisotopic (exact) mass is 447 g/mol. The summed E-state index contributed by atoms with van der Waals surface area (Å²) >= 11 is 0. The molecule has 1 aromatic carbocycles. The largest absolute Gasteiger partial charge is 0.493 e. The third kappa shape index (κ3) is 5.72. The summed E-state index contributed by atoms with van der Waals surface area (Å²) in [6.45, 7) is 5.35. The van der Waals surface area contributed by atoms with Crippen LogP contribution in [0.25, 0.3) is 0 Å². The van der Waals surface area contributed by atoms with E-state index in [4.69, 9.17) is 9.47 Å². The number of nitrogens with one attached hydrogen (secondary N) is 1. The summed E-state index contributed by atoms with van der Waals surface area (Å²) < 4.78 is 10.6. The first-order valence-corrected chi connectivity index (χ1v) is 8.34. The van der Waals surface area contributed by atoms with Gasteiger partial charge in [-0.25, -0.2) is 0 Å². The van der Waals surface area contributed by atoms with E-state index >= 15 is 0 Å². The molecule has 1 aliphatic heterocycles. The highest BCUT2D eigenvalue weighted by atomic mass is 127. The predicted molar refractivity (Wildman–Crippen MR) is 110 cm³/mol. The Kier molecular flexibility index (Phi) is 9.25. The molecule has 136 valence electrons. The summed E-state index contributed by atoms with van der Waals surface area (Å²) in [4.78, 5) is 6.79. The van der Waals surface area contributed by atoms with Gasteiger partial charge in [0.1, 0.15) is 0 Å². The lowest BCUT2D eigenvalue weighted by Gasteiger charge is -2.33. The molecule has 1 aliphatic rings. The SMILES string of the molecule is CN=C(NCCc1ccc(OC)c(OC)c1)N1CCCC(C)C1.I. The molecular weight excluding hydrogens is 417 g/mol. The standard InChI is InChI=1S/C18H29N3O2.HI/c1-14-6-5-11-21(13-14)18(19-2)20-10-9-15-7-8-16(22-3)17(12-15)23-4;/h7-8,12,14H,5-6,9-11,13H2,1-4H3,(H,19,20);1H. The van der Waals surface area contributed by atoms with E-state index in [-0.39, 0.29) is 24.0 Å². The molecule has 1 saturated heterocycles. The Balaban J connectivity index is 0.00000288. The van der Waals surface area contributed by atoms with Crippen LogP contribution in [0, 0.1) is 5.92 Å². The van der Waals surface area contributed by atoms with Crippen LogP contribution in [0.5, 0.6) is 11.5 Å². The molecule has 2 rings (SSSR count). The molecular formula is C18H30IN3O2. The van der Waals surface area contributed by atoms with Crippen molar-refractivity contribution >= 4 is 29.9 Å². The van der Waals surface area contributed by atoms with Crippen LogP contribution in [0.1, 0.15) is 25.3 Å². The number of aliphatic imine (C=N–C) groups is 1. The van der Waals surface area contributed by atoms with E-state index in [1.54, 1.807) is 14.2 Å². The van der Waals surface area contributed by atoms with E-state index in [1.807, 2.05) is 19.2 Å². The second kappa shape index (κ2) is 10.6. The minimum atomic E-state index is 0. The molecule has 0 aliphatic carbocycles. The van der Waals surface area contributed by atoms with Crippen molar-refractivity contribution in [2.24, 2.45) is 10.9 Å². The molecule has 0 bridgehead atoms. The number of piperidine rings is 1. The van der Waals surface area contributed by atoms with E-state index in [1.165, 1.54) is 18.4 Å². The maximum Gasteiger partial charge on any atom is 0.193 e. The third-order valence-corrected chi connectivity index (χ3v) is 4.31. The van der Waals surface area contributed by atoms with Crippen molar-refractivity contribution < 1.29 is 9.47 Å². The number of benzene rings is 1. The van der Waals surface area contributed by atoms with Crippen LogP contribution in [0.3, 0.4) is 0 Å². The van der Waals surface area contributed by atoms with Crippen molar-refractivity contribution in [3.05, 3.63) is 23.8 Å². The topological polar surface area (TPSA) is 46.1 Å². The lowest BCUT2D eigenvalue weighted by Crippen LogP contribution is -2.46. The minimum absolute atomic E-state index is 0. The second-order valence-corrected chi connectivity index (χ2v) is 6.11. The summed E-state index contributed by atoms with van der Waals surface area (Å²) in [5, 5.41) is 3.48. The van der Waals surface area contributed by atoms with Gasteiger partial charge in [0.15, 0.2) is 17.5 Å². The summed E-state index contributed by atoms with van der Waals surface area (Å²) in [5.41, 5.74) is 1.22. The first-order chi connectivity index (χ1) is 11.2. The molecule has 0 spiro atoms. The van der Waals surface area contributed by atoms with Crippen molar-refractivity contribution in [3.8, 4) is 11.5 Å². The molecule has 1 fully saturated rings. The smallest absolute Gasteiger partial charge is 0.193 e. The highest BCUT2D eigenvalue weighted by Gasteiger charge is 2.18. The predicted octanol–water partition coefficient (Wildman–Crippen LogP) is 3.17. The van der Waals surface area contributed by atoms with E-state index in [9.17, 15) is 0 Å². The molecule has 0 radical (unpaired) electrons. The number of guanidine groups is 1. The summed E-state index contributed by atoms with van der Waals surface area (Å²) in [5.74, 6) is 3.30. The number of ether oxygens (including phenoxy) is 2. The van der Waals surface area contributed by atoms with Crippen LogP contribution in [0.2, 0.25) is 0 Å². The maximum atomic E-state index is 5.36. The number of halogens is 1. The van der Waals surface area contributed by atoms with Crippen LogP contribution >= 0.6 is 24.0 Å². The lowest BCUT2D eigenvalue weighted by molar-refractivity contribution is 0.266. The Morgan fingerprint density at radius 2 is 2.04 bits per heavy atom. The second-order valence-electron chi connectivity index (χ2n) is 6.11. The fourth-order valence-electron chi connectivity index (χ4n) is 3.07. The van der Waals surface area contributed by atoms with E-state index in [0.29, 0.717) is 0 Å².